The van der Waals surface area contributed by atoms with Gasteiger partial charge in [0.2, 0.25) is 5.75 Å². The Labute approximate surface area is 121 Å². The van der Waals surface area contributed by atoms with Crippen LogP contribution in [-0.4, -0.2) is 27.2 Å². The zero-order chi connectivity index (χ0) is 15.2. The second kappa shape index (κ2) is 4.84. The quantitative estimate of drug-likeness (QED) is 0.768. The third-order valence-corrected chi connectivity index (χ3v) is 4.50. The normalized spacial score (nSPS) is 27.0. The van der Waals surface area contributed by atoms with Gasteiger partial charge in [-0.05, 0) is 38.5 Å². The number of hydrogen-bond acceptors (Lipinski definition) is 6. The summed E-state index contributed by atoms with van der Waals surface area (Å²) in [7, 11) is 0. The lowest BCUT2D eigenvalue weighted by Crippen LogP contribution is -2.42. The third kappa shape index (κ3) is 2.12. The van der Waals surface area contributed by atoms with E-state index in [1.54, 1.807) is 6.92 Å². The summed E-state index contributed by atoms with van der Waals surface area (Å²) in [4.78, 5) is 28.4. The molecular formula is C14H19N3O4. The SMILES string of the molecule is CCOC(=O)c1nc2n(c(=O)c1O)CC1CCC2(N)CC1. The van der Waals surface area contributed by atoms with Crippen LogP contribution in [0.3, 0.4) is 0 Å². The largest absolute Gasteiger partial charge is 0.501 e. The van der Waals surface area contributed by atoms with Crippen LogP contribution in [0.2, 0.25) is 0 Å². The zero-order valence-electron chi connectivity index (χ0n) is 12.0. The molecule has 0 spiro atoms. The lowest BCUT2D eigenvalue weighted by atomic mass is 9.78. The molecule has 3 aliphatic rings. The van der Waals surface area contributed by atoms with Crippen molar-refractivity contribution in [3.05, 3.63) is 21.9 Å². The van der Waals surface area contributed by atoms with Crippen molar-refractivity contribution in [2.75, 3.05) is 6.61 Å². The molecule has 3 N–H and O–H groups in total. The molecule has 0 radical (unpaired) electrons. The number of carbonyl (C=O) groups excluding carboxylic acids is 1. The summed E-state index contributed by atoms with van der Waals surface area (Å²) >= 11 is 0. The standard InChI is InChI=1S/C14H19N3O4/c1-2-21-12(20)9-10(18)11(19)17-7-8-3-5-14(15,6-4-8)13(17)16-9/h8,18H,2-7,15H2,1H3. The molecule has 2 bridgehead atoms. The Kier molecular flexibility index (Phi) is 3.24. The Morgan fingerprint density at radius 2 is 2.19 bits per heavy atom. The van der Waals surface area contributed by atoms with Gasteiger partial charge in [-0.2, -0.15) is 0 Å². The lowest BCUT2D eigenvalue weighted by Gasteiger charge is -2.32. The summed E-state index contributed by atoms with van der Waals surface area (Å²) in [6.45, 7) is 2.29. The fraction of sp³-hybridized carbons (Fsp3) is 0.643. The van der Waals surface area contributed by atoms with E-state index in [9.17, 15) is 14.7 Å². The van der Waals surface area contributed by atoms with E-state index in [0.29, 0.717) is 18.3 Å². The van der Waals surface area contributed by atoms with E-state index in [0.717, 1.165) is 25.7 Å². The fourth-order valence-corrected chi connectivity index (χ4v) is 3.29. The first-order chi connectivity index (χ1) is 9.96. The van der Waals surface area contributed by atoms with Gasteiger partial charge >= 0.3 is 5.97 Å². The smallest absolute Gasteiger partial charge is 0.361 e. The Balaban J connectivity index is 2.20. The Hall–Kier alpha value is -1.89. The number of aromatic nitrogens is 2. The van der Waals surface area contributed by atoms with E-state index in [4.69, 9.17) is 10.5 Å². The lowest BCUT2D eigenvalue weighted by molar-refractivity contribution is 0.0513. The van der Waals surface area contributed by atoms with Crippen LogP contribution in [0.15, 0.2) is 4.79 Å². The van der Waals surface area contributed by atoms with Crippen molar-refractivity contribution >= 4 is 5.97 Å². The average molecular weight is 293 g/mol. The Morgan fingerprint density at radius 3 is 2.81 bits per heavy atom. The van der Waals surface area contributed by atoms with Crippen molar-refractivity contribution in [3.63, 3.8) is 0 Å². The maximum Gasteiger partial charge on any atom is 0.361 e. The molecule has 1 fully saturated rings. The monoisotopic (exact) mass is 293 g/mol. The fourth-order valence-electron chi connectivity index (χ4n) is 3.29. The van der Waals surface area contributed by atoms with Gasteiger partial charge in [0.15, 0.2) is 5.69 Å². The van der Waals surface area contributed by atoms with Crippen LogP contribution < -0.4 is 11.3 Å². The third-order valence-electron chi connectivity index (χ3n) is 4.50. The van der Waals surface area contributed by atoms with Gasteiger partial charge < -0.3 is 15.6 Å². The zero-order valence-corrected chi connectivity index (χ0v) is 12.0. The van der Waals surface area contributed by atoms with E-state index in [1.807, 2.05) is 0 Å². The number of fused-ring (bicyclic) bond motifs is 2. The molecule has 0 atom stereocenters. The predicted molar refractivity (Wildman–Crippen MR) is 73.9 cm³/mol. The highest BCUT2D eigenvalue weighted by atomic mass is 16.5. The van der Waals surface area contributed by atoms with Gasteiger partial charge in [0, 0.05) is 6.54 Å². The van der Waals surface area contributed by atoms with Crippen molar-refractivity contribution in [1.82, 2.24) is 9.55 Å². The van der Waals surface area contributed by atoms with E-state index in [-0.39, 0.29) is 12.3 Å². The highest BCUT2D eigenvalue weighted by Gasteiger charge is 2.42. The molecule has 4 rings (SSSR count). The van der Waals surface area contributed by atoms with Gasteiger partial charge in [-0.25, -0.2) is 9.78 Å². The van der Waals surface area contributed by atoms with Gasteiger partial charge in [0.25, 0.3) is 5.56 Å². The van der Waals surface area contributed by atoms with Gasteiger partial charge in [0.05, 0.1) is 12.1 Å². The second-order valence-electron chi connectivity index (χ2n) is 5.87. The van der Waals surface area contributed by atoms with Crippen molar-refractivity contribution in [1.29, 1.82) is 0 Å². The summed E-state index contributed by atoms with van der Waals surface area (Å²) in [6, 6.07) is 0. The van der Waals surface area contributed by atoms with Crippen molar-refractivity contribution in [2.45, 2.75) is 44.7 Å². The molecule has 114 valence electrons. The number of nitrogens with two attached hydrogens (primary N) is 1. The first-order valence-corrected chi connectivity index (χ1v) is 7.26. The number of carbonyl (C=O) groups is 1. The molecule has 0 aromatic carbocycles. The maximum absolute atomic E-state index is 12.4. The summed E-state index contributed by atoms with van der Waals surface area (Å²) in [5.74, 6) is -0.677. The number of hydrogen-bond donors (Lipinski definition) is 2. The van der Waals surface area contributed by atoms with Crippen LogP contribution in [0.5, 0.6) is 5.75 Å². The molecule has 21 heavy (non-hydrogen) atoms. The second-order valence-corrected chi connectivity index (χ2v) is 5.87. The first-order valence-electron chi connectivity index (χ1n) is 7.26. The van der Waals surface area contributed by atoms with Gasteiger partial charge in [0.1, 0.15) is 5.82 Å². The topological polar surface area (TPSA) is 107 Å². The first kappa shape index (κ1) is 14.1. The van der Waals surface area contributed by atoms with Gasteiger partial charge in [-0.3, -0.25) is 9.36 Å². The minimum atomic E-state index is -0.794. The predicted octanol–water partition coefficient (Wildman–Crippen LogP) is 0.483. The summed E-state index contributed by atoms with van der Waals surface area (Å²) in [5.41, 5.74) is 4.77. The molecule has 0 amide bonds. The number of esters is 1. The number of ether oxygens (including phenoxy) is 1. The van der Waals surface area contributed by atoms with Crippen LogP contribution in [0.1, 0.15) is 48.9 Å². The van der Waals surface area contributed by atoms with Crippen LogP contribution in [0.4, 0.5) is 0 Å². The molecule has 2 aliphatic heterocycles. The maximum atomic E-state index is 12.4. The van der Waals surface area contributed by atoms with Crippen molar-refractivity contribution in [2.24, 2.45) is 11.7 Å². The van der Waals surface area contributed by atoms with Crippen LogP contribution in [0, 0.1) is 5.92 Å². The van der Waals surface area contributed by atoms with Crippen molar-refractivity contribution in [3.8, 4) is 5.75 Å². The number of rotatable bonds is 2. The summed E-state index contributed by atoms with van der Waals surface area (Å²) in [5, 5.41) is 9.98. The van der Waals surface area contributed by atoms with E-state index >= 15 is 0 Å². The molecule has 7 nitrogen and oxygen atoms in total. The Morgan fingerprint density at radius 1 is 1.52 bits per heavy atom. The van der Waals surface area contributed by atoms with Gasteiger partial charge in [-0.1, -0.05) is 0 Å². The minimum absolute atomic E-state index is 0.147. The molecule has 1 aromatic heterocycles. The molecule has 1 aromatic rings. The van der Waals surface area contributed by atoms with Crippen LogP contribution >= 0.6 is 0 Å². The summed E-state index contributed by atoms with van der Waals surface area (Å²) in [6.07, 6.45) is 3.32. The highest BCUT2D eigenvalue weighted by molar-refractivity contribution is 5.90. The van der Waals surface area contributed by atoms with Crippen LogP contribution in [0.25, 0.3) is 0 Å². The molecule has 3 heterocycles. The summed E-state index contributed by atoms with van der Waals surface area (Å²) < 4.78 is 6.28. The molecule has 0 saturated heterocycles. The van der Waals surface area contributed by atoms with E-state index in [2.05, 4.69) is 4.98 Å². The Bertz CT molecular complexity index is 644. The molecule has 1 saturated carbocycles. The van der Waals surface area contributed by atoms with Crippen LogP contribution in [-0.2, 0) is 16.8 Å². The number of aromatic hydroxyl groups is 1. The van der Waals surface area contributed by atoms with E-state index in [1.165, 1.54) is 4.57 Å². The van der Waals surface area contributed by atoms with E-state index < -0.39 is 22.8 Å². The minimum Gasteiger partial charge on any atom is -0.501 e. The molecule has 7 heteroatoms. The number of nitrogens with zero attached hydrogens (tertiary/aromatic N) is 2. The van der Waals surface area contributed by atoms with Crippen molar-refractivity contribution < 1.29 is 14.6 Å². The molecule has 1 aliphatic carbocycles. The molecular weight excluding hydrogens is 274 g/mol. The molecule has 0 unspecified atom stereocenters. The van der Waals surface area contributed by atoms with Gasteiger partial charge in [-0.15, -0.1) is 0 Å². The average Bonchev–Trinajstić information content (AvgIpc) is 2.68. The highest BCUT2D eigenvalue weighted by Crippen LogP contribution is 2.40.